The van der Waals surface area contributed by atoms with Gasteiger partial charge in [0.05, 0.1) is 23.6 Å². The maximum atomic E-state index is 12.1. The largest absolute Gasteiger partial charge is 0.507 e. The number of H-pyrrole nitrogens is 1. The van der Waals surface area contributed by atoms with Gasteiger partial charge in [-0.3, -0.25) is 4.55 Å². The summed E-state index contributed by atoms with van der Waals surface area (Å²) >= 11 is 0. The highest BCUT2D eigenvalue weighted by atomic mass is 32.2. The maximum absolute atomic E-state index is 12.1. The van der Waals surface area contributed by atoms with E-state index in [2.05, 4.69) is 23.2 Å². The van der Waals surface area contributed by atoms with E-state index in [9.17, 15) is 18.1 Å². The van der Waals surface area contributed by atoms with E-state index in [4.69, 9.17) is 9.72 Å². The van der Waals surface area contributed by atoms with Gasteiger partial charge in [-0.25, -0.2) is 4.98 Å². The van der Waals surface area contributed by atoms with E-state index in [1.54, 1.807) is 7.11 Å². The number of nitrogens with one attached hydrogen (secondary N) is 1. The number of phenolic OH excluding ortho intramolecular Hbond substituents is 1. The van der Waals surface area contributed by atoms with Crippen LogP contribution in [0.2, 0.25) is 0 Å². The van der Waals surface area contributed by atoms with Gasteiger partial charge in [0.15, 0.2) is 0 Å². The van der Waals surface area contributed by atoms with E-state index in [-0.39, 0.29) is 21.4 Å². The van der Waals surface area contributed by atoms with Gasteiger partial charge < -0.3 is 14.8 Å². The molecule has 3 N–H and O–H groups in total. The monoisotopic (exact) mass is 496 g/mol. The van der Waals surface area contributed by atoms with E-state index in [0.29, 0.717) is 28.2 Å². The number of benzene rings is 5. The predicted octanol–water partition coefficient (Wildman–Crippen LogP) is 6.16. The first-order chi connectivity index (χ1) is 17.4. The molecule has 0 amide bonds. The molecule has 36 heavy (non-hydrogen) atoms. The molecule has 0 saturated carbocycles. The highest BCUT2D eigenvalue weighted by Crippen LogP contribution is 2.42. The van der Waals surface area contributed by atoms with Crippen LogP contribution in [0, 0.1) is 0 Å². The number of aromatic nitrogens is 2. The quantitative estimate of drug-likeness (QED) is 0.252. The molecule has 5 aromatic carbocycles. The molecule has 0 aliphatic heterocycles. The molecule has 178 valence electrons. The Bertz CT molecular complexity index is 1920. The Balaban J connectivity index is 1.64. The van der Waals surface area contributed by atoms with Gasteiger partial charge in [0.1, 0.15) is 27.7 Å². The summed E-state index contributed by atoms with van der Waals surface area (Å²) in [5.74, 6) is 0.884. The zero-order valence-corrected chi connectivity index (χ0v) is 19.9. The van der Waals surface area contributed by atoms with Gasteiger partial charge in [0.2, 0.25) is 0 Å². The first kappa shape index (κ1) is 22.1. The topological polar surface area (TPSA) is 113 Å². The van der Waals surface area contributed by atoms with Crippen molar-refractivity contribution in [1.82, 2.24) is 9.97 Å². The third-order valence-corrected chi connectivity index (χ3v) is 7.28. The van der Waals surface area contributed by atoms with Crippen LogP contribution in [0.5, 0.6) is 11.5 Å². The molecular weight excluding hydrogens is 476 g/mol. The first-order valence-electron chi connectivity index (χ1n) is 11.1. The zero-order chi connectivity index (χ0) is 25.0. The maximum Gasteiger partial charge on any atom is 0.295 e. The Morgan fingerprint density at radius 2 is 1.50 bits per heavy atom. The van der Waals surface area contributed by atoms with Crippen molar-refractivity contribution in [3.8, 4) is 34.0 Å². The minimum atomic E-state index is -4.55. The van der Waals surface area contributed by atoms with E-state index in [0.717, 1.165) is 21.9 Å². The minimum absolute atomic E-state index is 0.141. The van der Waals surface area contributed by atoms with Crippen LogP contribution in [0.3, 0.4) is 0 Å². The number of aromatic hydroxyl groups is 1. The standard InChI is InChI=1S/C28H20N2O5S/c1-35-27-19(18-10-4-8-16-7-2-3-9-17(16)18)11-5-13-21(27)28-29-22-15-24(36(32,33)34)20-12-6-14-23(31)25(20)26(22)30-28/h2-15,31H,1H3,(H,29,30)(H,32,33,34). The molecule has 0 spiro atoms. The Hall–Kier alpha value is -4.40. The average molecular weight is 497 g/mol. The second kappa shape index (κ2) is 8.08. The van der Waals surface area contributed by atoms with Gasteiger partial charge in [0.25, 0.3) is 10.1 Å². The van der Waals surface area contributed by atoms with Gasteiger partial charge in [-0.1, -0.05) is 66.7 Å². The highest BCUT2D eigenvalue weighted by molar-refractivity contribution is 7.86. The van der Waals surface area contributed by atoms with Gasteiger partial charge in [-0.15, -0.1) is 0 Å². The van der Waals surface area contributed by atoms with Gasteiger partial charge in [-0.2, -0.15) is 8.42 Å². The lowest BCUT2D eigenvalue weighted by molar-refractivity contribution is 0.418. The summed E-state index contributed by atoms with van der Waals surface area (Å²) in [6.45, 7) is 0. The van der Waals surface area contributed by atoms with Gasteiger partial charge in [0, 0.05) is 10.9 Å². The van der Waals surface area contributed by atoms with Crippen LogP contribution in [0.4, 0.5) is 0 Å². The van der Waals surface area contributed by atoms with Crippen LogP contribution in [0.1, 0.15) is 0 Å². The smallest absolute Gasteiger partial charge is 0.295 e. The van der Waals surface area contributed by atoms with E-state index >= 15 is 0 Å². The Labute approximate surface area is 206 Å². The molecule has 0 radical (unpaired) electrons. The summed E-state index contributed by atoms with van der Waals surface area (Å²) in [5, 5.41) is 13.2. The fourth-order valence-electron chi connectivity index (χ4n) is 4.84. The van der Waals surface area contributed by atoms with Crippen LogP contribution in [-0.2, 0) is 10.1 Å². The number of ether oxygens (including phenoxy) is 1. The second-order valence-corrected chi connectivity index (χ2v) is 9.83. The summed E-state index contributed by atoms with van der Waals surface area (Å²) in [5.41, 5.74) is 3.27. The number of nitrogens with zero attached hydrogens (tertiary/aromatic N) is 1. The normalized spacial score (nSPS) is 11.9. The fourth-order valence-corrected chi connectivity index (χ4v) is 5.56. The number of para-hydroxylation sites is 1. The third kappa shape index (κ3) is 3.38. The molecule has 0 saturated heterocycles. The summed E-state index contributed by atoms with van der Waals surface area (Å²) in [4.78, 5) is 7.57. The summed E-state index contributed by atoms with van der Waals surface area (Å²) < 4.78 is 39.9. The van der Waals surface area contributed by atoms with Crippen LogP contribution in [0.25, 0.3) is 55.1 Å². The summed E-state index contributed by atoms with van der Waals surface area (Å²) in [7, 11) is -2.96. The number of imidazole rings is 1. The molecule has 0 aliphatic carbocycles. The van der Waals surface area contributed by atoms with Crippen molar-refractivity contribution in [2.45, 2.75) is 4.90 Å². The molecule has 8 heteroatoms. The van der Waals surface area contributed by atoms with Crippen molar-refractivity contribution in [3.63, 3.8) is 0 Å². The lowest BCUT2D eigenvalue weighted by Gasteiger charge is -2.14. The number of hydrogen-bond acceptors (Lipinski definition) is 5. The molecule has 0 unspecified atom stereocenters. The SMILES string of the molecule is COc1c(-c2nc3c(cc(S(=O)(=O)O)c4cccc(O)c43)[nH]2)cccc1-c1cccc2ccccc12. The van der Waals surface area contributed by atoms with Crippen LogP contribution < -0.4 is 4.74 Å². The summed E-state index contributed by atoms with van der Waals surface area (Å²) in [6, 6.07) is 25.7. The van der Waals surface area contributed by atoms with Crippen molar-refractivity contribution in [3.05, 3.63) is 84.9 Å². The predicted molar refractivity (Wildman–Crippen MR) is 140 cm³/mol. The Morgan fingerprint density at radius 1 is 0.833 bits per heavy atom. The van der Waals surface area contributed by atoms with Crippen LogP contribution >= 0.6 is 0 Å². The molecule has 6 aromatic rings. The molecule has 0 aliphatic rings. The molecule has 6 rings (SSSR count). The highest BCUT2D eigenvalue weighted by Gasteiger charge is 2.22. The number of aromatic amines is 1. The van der Waals surface area contributed by atoms with Crippen molar-refractivity contribution >= 4 is 42.7 Å². The summed E-state index contributed by atoms with van der Waals surface area (Å²) in [6.07, 6.45) is 0. The zero-order valence-electron chi connectivity index (χ0n) is 19.1. The van der Waals surface area contributed by atoms with E-state index in [1.165, 1.54) is 24.3 Å². The number of phenols is 1. The van der Waals surface area contributed by atoms with Crippen LogP contribution in [0.15, 0.2) is 89.8 Å². The molecule has 1 aromatic heterocycles. The van der Waals surface area contributed by atoms with E-state index < -0.39 is 10.1 Å². The number of rotatable bonds is 4. The number of methoxy groups -OCH3 is 1. The third-order valence-electron chi connectivity index (χ3n) is 6.38. The fraction of sp³-hybridized carbons (Fsp3) is 0.0357. The minimum Gasteiger partial charge on any atom is -0.507 e. The van der Waals surface area contributed by atoms with Gasteiger partial charge >= 0.3 is 0 Å². The average Bonchev–Trinajstić information content (AvgIpc) is 3.31. The Kier molecular flexibility index (Phi) is 4.96. The first-order valence-corrected chi connectivity index (χ1v) is 12.6. The van der Waals surface area contributed by atoms with Crippen molar-refractivity contribution in [1.29, 1.82) is 0 Å². The van der Waals surface area contributed by atoms with Crippen LogP contribution in [-0.4, -0.2) is 35.2 Å². The van der Waals surface area contributed by atoms with E-state index in [1.807, 2.05) is 42.5 Å². The van der Waals surface area contributed by atoms with Gasteiger partial charge in [-0.05, 0) is 34.5 Å². The second-order valence-electron chi connectivity index (χ2n) is 8.44. The molecular formula is C28H20N2O5S. The molecule has 7 nitrogen and oxygen atoms in total. The molecule has 1 heterocycles. The lowest BCUT2D eigenvalue weighted by atomic mass is 9.96. The molecule has 0 bridgehead atoms. The molecule has 0 atom stereocenters. The number of hydrogen-bond donors (Lipinski definition) is 3. The number of fused-ring (bicyclic) bond motifs is 4. The molecule has 0 fully saturated rings. The Morgan fingerprint density at radius 3 is 2.31 bits per heavy atom. The lowest BCUT2D eigenvalue weighted by Crippen LogP contribution is -1.99. The van der Waals surface area contributed by atoms with Crippen molar-refractivity contribution in [2.75, 3.05) is 7.11 Å². The van der Waals surface area contributed by atoms with Crippen molar-refractivity contribution in [2.24, 2.45) is 0 Å². The van der Waals surface area contributed by atoms with Crippen molar-refractivity contribution < 1.29 is 22.8 Å².